The van der Waals surface area contributed by atoms with Crippen molar-refractivity contribution in [2.45, 2.75) is 33.9 Å². The topological polar surface area (TPSA) is 98.5 Å². The third kappa shape index (κ3) is 6.01. The Balaban J connectivity index is 1.62. The molecule has 1 aliphatic heterocycles. The number of aromatic nitrogens is 3. The quantitative estimate of drug-likeness (QED) is 0.536. The number of hydrogen-bond donors (Lipinski definition) is 1. The minimum Gasteiger partial charge on any atom is -0.378 e. The normalized spacial score (nSPS) is 14.2. The van der Waals surface area contributed by atoms with Crippen molar-refractivity contribution in [3.05, 3.63) is 56.1 Å². The van der Waals surface area contributed by atoms with Crippen LogP contribution in [0.5, 0.6) is 0 Å². The third-order valence-electron chi connectivity index (χ3n) is 5.56. The van der Waals surface area contributed by atoms with E-state index in [1.54, 1.807) is 23.2 Å². The van der Waals surface area contributed by atoms with Gasteiger partial charge < -0.3 is 19.5 Å². The van der Waals surface area contributed by atoms with E-state index in [2.05, 4.69) is 10.4 Å². The standard InChI is InChI=1S/C24H28ClN5O4S/c1-24(2,3)23(33)30-20(26-13-17-5-6-19(25)35-17)12-18(27-30)16-4-7-21(31)29(14-16)15-22(32)28-8-10-34-11-9-28/h4-7,12,14,26H,8-11,13,15H2,1-3H3. The molecule has 0 saturated carbocycles. The van der Waals surface area contributed by atoms with E-state index in [0.29, 0.717) is 54.3 Å². The molecular weight excluding hydrogens is 490 g/mol. The number of rotatable bonds is 6. The number of carbonyl (C=O) groups is 2. The van der Waals surface area contributed by atoms with Gasteiger partial charge in [0.05, 0.1) is 29.8 Å². The maximum absolute atomic E-state index is 13.1. The summed E-state index contributed by atoms with van der Waals surface area (Å²) in [6.07, 6.45) is 1.61. The van der Waals surface area contributed by atoms with Crippen LogP contribution in [0.15, 0.2) is 41.3 Å². The molecule has 0 unspecified atom stereocenters. The number of pyridine rings is 1. The summed E-state index contributed by atoms with van der Waals surface area (Å²) in [4.78, 5) is 41.0. The first-order valence-corrected chi connectivity index (χ1v) is 12.5. The van der Waals surface area contributed by atoms with Crippen LogP contribution in [0.4, 0.5) is 5.82 Å². The summed E-state index contributed by atoms with van der Waals surface area (Å²) in [6.45, 7) is 7.91. The maximum Gasteiger partial charge on any atom is 0.254 e. The molecule has 0 aliphatic carbocycles. The number of nitrogens with zero attached hydrogens (tertiary/aromatic N) is 4. The lowest BCUT2D eigenvalue weighted by Gasteiger charge is -2.27. The van der Waals surface area contributed by atoms with Crippen LogP contribution in [-0.4, -0.2) is 57.4 Å². The van der Waals surface area contributed by atoms with Gasteiger partial charge in [0.2, 0.25) is 5.91 Å². The van der Waals surface area contributed by atoms with Gasteiger partial charge in [-0.05, 0) is 18.2 Å². The second kappa shape index (κ2) is 10.3. The van der Waals surface area contributed by atoms with Crippen molar-refractivity contribution < 1.29 is 14.3 Å². The molecule has 1 amide bonds. The van der Waals surface area contributed by atoms with Gasteiger partial charge in [-0.15, -0.1) is 11.3 Å². The van der Waals surface area contributed by atoms with Crippen LogP contribution >= 0.6 is 22.9 Å². The van der Waals surface area contributed by atoms with Gasteiger partial charge >= 0.3 is 0 Å². The first-order valence-electron chi connectivity index (χ1n) is 11.3. The highest BCUT2D eigenvalue weighted by molar-refractivity contribution is 7.16. The van der Waals surface area contributed by atoms with Crippen LogP contribution in [0.3, 0.4) is 0 Å². The Morgan fingerprint density at radius 1 is 1.17 bits per heavy atom. The highest BCUT2D eigenvalue weighted by atomic mass is 35.5. The second-order valence-corrected chi connectivity index (χ2v) is 11.1. The van der Waals surface area contributed by atoms with E-state index in [9.17, 15) is 14.4 Å². The van der Waals surface area contributed by atoms with Crippen molar-refractivity contribution in [3.63, 3.8) is 0 Å². The molecule has 3 aromatic rings. The van der Waals surface area contributed by atoms with Gasteiger partial charge in [-0.3, -0.25) is 14.4 Å². The molecule has 1 N–H and O–H groups in total. The van der Waals surface area contributed by atoms with Gasteiger partial charge in [-0.1, -0.05) is 32.4 Å². The average Bonchev–Trinajstić information content (AvgIpc) is 3.44. The summed E-state index contributed by atoms with van der Waals surface area (Å²) in [5.74, 6) is 0.218. The Morgan fingerprint density at radius 2 is 1.91 bits per heavy atom. The van der Waals surface area contributed by atoms with Gasteiger partial charge in [0.25, 0.3) is 11.5 Å². The SMILES string of the molecule is CC(C)(C)C(=O)n1nc(-c2ccc(=O)n(CC(=O)N3CCOCC3)c2)cc1NCc1ccc(Cl)s1. The summed E-state index contributed by atoms with van der Waals surface area (Å²) < 4.78 is 8.72. The monoisotopic (exact) mass is 517 g/mol. The Morgan fingerprint density at radius 3 is 2.57 bits per heavy atom. The largest absolute Gasteiger partial charge is 0.378 e. The van der Waals surface area contributed by atoms with Gasteiger partial charge in [0, 0.05) is 47.3 Å². The lowest BCUT2D eigenvalue weighted by atomic mass is 9.96. The fourth-order valence-electron chi connectivity index (χ4n) is 3.61. The number of halogens is 1. The minimum atomic E-state index is -0.657. The van der Waals surface area contributed by atoms with Crippen LogP contribution in [0.25, 0.3) is 11.3 Å². The summed E-state index contributed by atoms with van der Waals surface area (Å²) in [5, 5.41) is 7.84. The molecule has 1 fully saturated rings. The van der Waals surface area contributed by atoms with E-state index < -0.39 is 5.41 Å². The number of morpholine rings is 1. The Kier molecular flexibility index (Phi) is 7.44. The fraction of sp³-hybridized carbons (Fsp3) is 0.417. The number of amides is 1. The summed E-state index contributed by atoms with van der Waals surface area (Å²) >= 11 is 7.50. The van der Waals surface area contributed by atoms with Crippen molar-refractivity contribution in [1.82, 2.24) is 19.2 Å². The van der Waals surface area contributed by atoms with Crippen LogP contribution in [0, 0.1) is 5.41 Å². The van der Waals surface area contributed by atoms with Crippen molar-refractivity contribution in [3.8, 4) is 11.3 Å². The van der Waals surface area contributed by atoms with E-state index in [1.807, 2.05) is 32.9 Å². The molecule has 3 aromatic heterocycles. The fourth-order valence-corrected chi connectivity index (χ4v) is 4.64. The predicted octanol–water partition coefficient (Wildman–Crippen LogP) is 3.58. The summed E-state index contributed by atoms with van der Waals surface area (Å²) in [7, 11) is 0. The van der Waals surface area contributed by atoms with E-state index in [0.717, 1.165) is 4.88 Å². The molecule has 4 heterocycles. The van der Waals surface area contributed by atoms with Crippen LogP contribution in [0.2, 0.25) is 4.34 Å². The molecule has 4 rings (SSSR count). The maximum atomic E-state index is 13.1. The lowest BCUT2D eigenvalue weighted by Crippen LogP contribution is -2.43. The van der Waals surface area contributed by atoms with E-state index in [4.69, 9.17) is 16.3 Å². The predicted molar refractivity (Wildman–Crippen MR) is 136 cm³/mol. The van der Waals surface area contributed by atoms with Gasteiger partial charge in [-0.25, -0.2) is 0 Å². The number of thiophene rings is 1. The van der Waals surface area contributed by atoms with Crippen molar-refractivity contribution in [2.75, 3.05) is 31.6 Å². The second-order valence-electron chi connectivity index (χ2n) is 9.32. The zero-order chi connectivity index (χ0) is 25.2. The highest BCUT2D eigenvalue weighted by Gasteiger charge is 2.27. The molecule has 0 atom stereocenters. The Bertz CT molecular complexity index is 1280. The molecule has 0 spiro atoms. The zero-order valence-electron chi connectivity index (χ0n) is 19.9. The van der Waals surface area contributed by atoms with E-state index >= 15 is 0 Å². The molecule has 0 aromatic carbocycles. The minimum absolute atomic E-state index is 0.0709. The number of hydrogen-bond acceptors (Lipinski definition) is 7. The number of carbonyl (C=O) groups excluding carboxylic acids is 2. The number of nitrogens with one attached hydrogen (secondary N) is 1. The van der Waals surface area contributed by atoms with E-state index in [1.165, 1.54) is 26.7 Å². The van der Waals surface area contributed by atoms with Gasteiger partial charge in [0.1, 0.15) is 12.4 Å². The first-order chi connectivity index (χ1) is 16.6. The Labute approximate surface area is 212 Å². The van der Waals surface area contributed by atoms with Crippen LogP contribution in [-0.2, 0) is 22.6 Å². The van der Waals surface area contributed by atoms with Crippen LogP contribution < -0.4 is 10.9 Å². The van der Waals surface area contributed by atoms with Crippen molar-refractivity contribution in [1.29, 1.82) is 0 Å². The molecule has 186 valence electrons. The van der Waals surface area contributed by atoms with Crippen LogP contribution in [0.1, 0.15) is 30.4 Å². The summed E-state index contributed by atoms with van der Waals surface area (Å²) in [6, 6.07) is 8.58. The third-order valence-corrected chi connectivity index (χ3v) is 6.80. The van der Waals surface area contributed by atoms with E-state index in [-0.39, 0.29) is 23.9 Å². The number of ether oxygens (including phenoxy) is 1. The van der Waals surface area contributed by atoms with Crippen molar-refractivity contribution >= 4 is 40.6 Å². The van der Waals surface area contributed by atoms with Crippen molar-refractivity contribution in [2.24, 2.45) is 5.41 Å². The number of anilines is 1. The molecule has 35 heavy (non-hydrogen) atoms. The van der Waals surface area contributed by atoms with Gasteiger partial charge in [-0.2, -0.15) is 9.78 Å². The molecular formula is C24H28ClN5O4S. The first kappa shape index (κ1) is 25.2. The average molecular weight is 518 g/mol. The smallest absolute Gasteiger partial charge is 0.254 e. The highest BCUT2D eigenvalue weighted by Crippen LogP contribution is 2.27. The lowest BCUT2D eigenvalue weighted by molar-refractivity contribution is -0.135. The Hall–Kier alpha value is -2.95. The molecule has 0 bridgehead atoms. The molecule has 1 aliphatic rings. The van der Waals surface area contributed by atoms with Gasteiger partial charge in [0.15, 0.2) is 0 Å². The zero-order valence-corrected chi connectivity index (χ0v) is 21.5. The molecule has 11 heteroatoms. The molecule has 1 saturated heterocycles. The molecule has 0 radical (unpaired) electrons. The molecule has 9 nitrogen and oxygen atoms in total. The summed E-state index contributed by atoms with van der Waals surface area (Å²) in [5.41, 5.74) is 0.201.